The number of amides is 1. The van der Waals surface area contributed by atoms with Gasteiger partial charge in [-0.25, -0.2) is 0 Å². The van der Waals surface area contributed by atoms with Crippen molar-refractivity contribution in [3.05, 3.63) is 36.2 Å². The lowest BCUT2D eigenvalue weighted by Gasteiger charge is -2.27. The van der Waals surface area contributed by atoms with E-state index >= 15 is 0 Å². The van der Waals surface area contributed by atoms with E-state index < -0.39 is 0 Å². The summed E-state index contributed by atoms with van der Waals surface area (Å²) in [6, 6.07) is 1.79. The molecule has 7 heteroatoms. The van der Waals surface area contributed by atoms with Gasteiger partial charge in [-0.3, -0.25) is 9.78 Å². The zero-order valence-corrected chi connectivity index (χ0v) is 10.6. The van der Waals surface area contributed by atoms with E-state index in [1.807, 2.05) is 4.57 Å². The highest BCUT2D eigenvalue weighted by molar-refractivity contribution is 5.99. The van der Waals surface area contributed by atoms with Gasteiger partial charge in [0.1, 0.15) is 6.33 Å². The van der Waals surface area contributed by atoms with Gasteiger partial charge in [0.2, 0.25) is 0 Å². The van der Waals surface area contributed by atoms with Crippen LogP contribution in [0.2, 0.25) is 0 Å². The lowest BCUT2D eigenvalue weighted by molar-refractivity contribution is 0.0708. The van der Waals surface area contributed by atoms with E-state index in [0.29, 0.717) is 18.7 Å². The van der Waals surface area contributed by atoms with Crippen LogP contribution in [0, 0.1) is 0 Å². The Hall–Kier alpha value is -2.44. The van der Waals surface area contributed by atoms with E-state index in [1.165, 1.54) is 0 Å². The molecular weight excluding hydrogens is 244 g/mol. The largest absolute Gasteiger partial charge is 0.387 e. The zero-order valence-electron chi connectivity index (χ0n) is 10.6. The predicted molar refractivity (Wildman–Crippen MR) is 68.5 cm³/mol. The average molecular weight is 258 g/mol. The molecule has 2 aromatic rings. The lowest BCUT2D eigenvalue weighted by atomic mass is 10.2. The third kappa shape index (κ3) is 2.03. The fourth-order valence-electron chi connectivity index (χ4n) is 2.19. The van der Waals surface area contributed by atoms with Crippen LogP contribution in [0.1, 0.15) is 16.2 Å². The maximum absolute atomic E-state index is 12.5. The first-order valence-electron chi connectivity index (χ1n) is 6.07. The van der Waals surface area contributed by atoms with E-state index in [1.54, 1.807) is 36.7 Å². The van der Waals surface area contributed by atoms with Crippen molar-refractivity contribution in [3.8, 4) is 0 Å². The van der Waals surface area contributed by atoms with Gasteiger partial charge in [0.15, 0.2) is 5.82 Å². The molecule has 3 heterocycles. The SMILES string of the molecule is CNc1ccncc1C(=O)N1CCn2cnnc2C1. The number of nitrogens with one attached hydrogen (secondary N) is 1. The molecule has 0 spiro atoms. The number of fused-ring (bicyclic) bond motifs is 1. The molecule has 0 aromatic carbocycles. The first-order chi connectivity index (χ1) is 9.29. The van der Waals surface area contributed by atoms with Crippen molar-refractivity contribution >= 4 is 11.6 Å². The van der Waals surface area contributed by atoms with E-state index in [2.05, 4.69) is 20.5 Å². The molecule has 1 aliphatic rings. The van der Waals surface area contributed by atoms with Gasteiger partial charge in [0.05, 0.1) is 12.1 Å². The number of carbonyl (C=O) groups is 1. The summed E-state index contributed by atoms with van der Waals surface area (Å²) in [4.78, 5) is 18.3. The molecule has 2 aromatic heterocycles. The molecule has 3 rings (SSSR count). The Morgan fingerprint density at radius 2 is 2.32 bits per heavy atom. The number of aromatic nitrogens is 4. The second-order valence-corrected chi connectivity index (χ2v) is 4.34. The topological polar surface area (TPSA) is 75.9 Å². The Morgan fingerprint density at radius 3 is 3.16 bits per heavy atom. The van der Waals surface area contributed by atoms with Gasteiger partial charge in [0.25, 0.3) is 5.91 Å². The van der Waals surface area contributed by atoms with Crippen molar-refractivity contribution in [2.45, 2.75) is 13.1 Å². The summed E-state index contributed by atoms with van der Waals surface area (Å²) >= 11 is 0. The van der Waals surface area contributed by atoms with Crippen LogP contribution in [0.25, 0.3) is 0 Å². The van der Waals surface area contributed by atoms with Crippen molar-refractivity contribution < 1.29 is 4.79 Å². The molecule has 0 unspecified atom stereocenters. The van der Waals surface area contributed by atoms with Gasteiger partial charge in [-0.05, 0) is 6.07 Å². The Bertz CT molecular complexity index is 608. The van der Waals surface area contributed by atoms with Crippen molar-refractivity contribution in [3.63, 3.8) is 0 Å². The van der Waals surface area contributed by atoms with Gasteiger partial charge in [-0.1, -0.05) is 0 Å². The Balaban J connectivity index is 1.85. The van der Waals surface area contributed by atoms with Gasteiger partial charge < -0.3 is 14.8 Å². The van der Waals surface area contributed by atoms with E-state index in [-0.39, 0.29) is 5.91 Å². The van der Waals surface area contributed by atoms with Gasteiger partial charge in [0, 0.05) is 38.2 Å². The number of rotatable bonds is 2. The summed E-state index contributed by atoms with van der Waals surface area (Å²) < 4.78 is 1.96. The van der Waals surface area contributed by atoms with Crippen LogP contribution >= 0.6 is 0 Å². The van der Waals surface area contributed by atoms with E-state index in [4.69, 9.17) is 0 Å². The molecule has 0 atom stereocenters. The second kappa shape index (κ2) is 4.68. The zero-order chi connectivity index (χ0) is 13.2. The summed E-state index contributed by atoms with van der Waals surface area (Å²) in [6.45, 7) is 1.86. The van der Waals surface area contributed by atoms with Gasteiger partial charge >= 0.3 is 0 Å². The van der Waals surface area contributed by atoms with Crippen molar-refractivity contribution in [1.82, 2.24) is 24.6 Å². The van der Waals surface area contributed by atoms with Crippen LogP contribution in [0.4, 0.5) is 5.69 Å². The number of carbonyl (C=O) groups excluding carboxylic acids is 1. The van der Waals surface area contributed by atoms with E-state index in [0.717, 1.165) is 18.1 Å². The molecule has 1 aliphatic heterocycles. The van der Waals surface area contributed by atoms with E-state index in [9.17, 15) is 4.79 Å². The molecule has 19 heavy (non-hydrogen) atoms. The van der Waals surface area contributed by atoms with Crippen LogP contribution in [-0.2, 0) is 13.1 Å². The molecule has 0 saturated heterocycles. The summed E-state index contributed by atoms with van der Waals surface area (Å²) in [5.41, 5.74) is 1.37. The number of nitrogens with zero attached hydrogens (tertiary/aromatic N) is 5. The third-order valence-corrected chi connectivity index (χ3v) is 3.25. The minimum Gasteiger partial charge on any atom is -0.387 e. The second-order valence-electron chi connectivity index (χ2n) is 4.34. The van der Waals surface area contributed by atoms with Crippen LogP contribution in [0.15, 0.2) is 24.8 Å². The molecule has 98 valence electrons. The molecule has 0 fully saturated rings. The predicted octanol–water partition coefficient (Wildman–Crippen LogP) is 0.371. The molecule has 0 bridgehead atoms. The molecule has 0 aliphatic carbocycles. The van der Waals surface area contributed by atoms with Crippen molar-refractivity contribution in [2.24, 2.45) is 0 Å². The quantitative estimate of drug-likeness (QED) is 0.842. The monoisotopic (exact) mass is 258 g/mol. The van der Waals surface area contributed by atoms with Crippen LogP contribution in [-0.4, -0.2) is 44.1 Å². The van der Waals surface area contributed by atoms with Crippen molar-refractivity contribution in [1.29, 1.82) is 0 Å². The Kier molecular flexibility index (Phi) is 2.86. The fraction of sp³-hybridized carbons (Fsp3) is 0.333. The summed E-state index contributed by atoms with van der Waals surface area (Å²) in [5.74, 6) is 0.779. The normalized spacial score (nSPS) is 14.1. The standard InChI is InChI=1S/C12H14N6O/c1-13-10-2-3-14-6-9(10)12(19)17-4-5-18-8-15-16-11(18)7-17/h2-3,6,8H,4-5,7H2,1H3,(H,13,14). The van der Waals surface area contributed by atoms with Crippen LogP contribution < -0.4 is 5.32 Å². The van der Waals surface area contributed by atoms with Crippen LogP contribution in [0.5, 0.6) is 0 Å². The number of pyridine rings is 1. The molecule has 1 N–H and O–H groups in total. The lowest BCUT2D eigenvalue weighted by Crippen LogP contribution is -2.38. The number of anilines is 1. The Labute approximate surface area is 110 Å². The average Bonchev–Trinajstić information content (AvgIpc) is 2.93. The summed E-state index contributed by atoms with van der Waals surface area (Å²) in [5, 5.41) is 10.9. The molecule has 0 radical (unpaired) electrons. The minimum atomic E-state index is -0.0355. The third-order valence-electron chi connectivity index (χ3n) is 3.25. The first-order valence-corrected chi connectivity index (χ1v) is 6.07. The van der Waals surface area contributed by atoms with Crippen molar-refractivity contribution in [2.75, 3.05) is 18.9 Å². The summed E-state index contributed by atoms with van der Waals surface area (Å²) in [6.07, 6.45) is 4.95. The maximum atomic E-state index is 12.5. The minimum absolute atomic E-state index is 0.0355. The molecular formula is C12H14N6O. The van der Waals surface area contributed by atoms with Gasteiger partial charge in [-0.15, -0.1) is 10.2 Å². The molecule has 0 saturated carbocycles. The molecule has 7 nitrogen and oxygen atoms in total. The summed E-state index contributed by atoms with van der Waals surface area (Å²) in [7, 11) is 1.79. The van der Waals surface area contributed by atoms with Crippen LogP contribution in [0.3, 0.4) is 0 Å². The maximum Gasteiger partial charge on any atom is 0.257 e. The number of hydrogen-bond acceptors (Lipinski definition) is 5. The Morgan fingerprint density at radius 1 is 1.42 bits per heavy atom. The highest BCUT2D eigenvalue weighted by Gasteiger charge is 2.24. The van der Waals surface area contributed by atoms with Gasteiger partial charge in [-0.2, -0.15) is 0 Å². The fourth-order valence-corrected chi connectivity index (χ4v) is 2.19. The highest BCUT2D eigenvalue weighted by Crippen LogP contribution is 2.18. The number of hydrogen-bond donors (Lipinski definition) is 1. The molecule has 1 amide bonds. The smallest absolute Gasteiger partial charge is 0.257 e. The highest BCUT2D eigenvalue weighted by atomic mass is 16.2. The first kappa shape index (κ1) is 11.6.